The van der Waals surface area contributed by atoms with E-state index >= 15 is 0 Å². The number of H-pyrrole nitrogens is 1. The number of hydrogen-bond donors (Lipinski definition) is 2. The summed E-state index contributed by atoms with van der Waals surface area (Å²) < 4.78 is 0. The molecule has 1 aliphatic rings. The average Bonchev–Trinajstić information content (AvgIpc) is 3.17. The molecule has 112 valence electrons. The summed E-state index contributed by atoms with van der Waals surface area (Å²) in [6.45, 7) is 1.82. The van der Waals surface area contributed by atoms with Gasteiger partial charge in [0, 0.05) is 12.7 Å². The molecular weight excluding hydrogens is 278 g/mol. The average molecular weight is 295 g/mol. The molecule has 0 radical (unpaired) electrons. The van der Waals surface area contributed by atoms with Crippen molar-refractivity contribution >= 4 is 17.0 Å². The van der Waals surface area contributed by atoms with Gasteiger partial charge in [-0.25, -0.2) is 15.0 Å². The van der Waals surface area contributed by atoms with Crippen LogP contribution in [-0.2, 0) is 6.54 Å². The second-order valence-electron chi connectivity index (χ2n) is 5.52. The summed E-state index contributed by atoms with van der Waals surface area (Å²) in [6.07, 6.45) is 5.58. The molecule has 3 N–H and O–H groups in total. The fourth-order valence-corrected chi connectivity index (χ4v) is 3.03. The van der Waals surface area contributed by atoms with Gasteiger partial charge < -0.3 is 10.7 Å². The van der Waals surface area contributed by atoms with E-state index in [0.717, 1.165) is 37.4 Å². The second-order valence-corrected chi connectivity index (χ2v) is 5.52. The molecule has 0 aromatic carbocycles. The maximum atomic E-state index is 6.01. The first kappa shape index (κ1) is 13.1. The lowest BCUT2D eigenvalue weighted by Gasteiger charge is -2.22. The van der Waals surface area contributed by atoms with Crippen molar-refractivity contribution in [3.8, 4) is 0 Å². The van der Waals surface area contributed by atoms with Crippen LogP contribution in [0, 0.1) is 0 Å². The van der Waals surface area contributed by atoms with Crippen LogP contribution < -0.4 is 5.73 Å². The van der Waals surface area contributed by atoms with E-state index in [1.54, 1.807) is 6.33 Å². The number of nitrogen functional groups attached to an aromatic ring is 1. The summed E-state index contributed by atoms with van der Waals surface area (Å²) in [6, 6.07) is 6.16. The molecule has 1 aliphatic heterocycles. The first-order valence-corrected chi connectivity index (χ1v) is 7.42. The number of fused-ring (bicyclic) bond motifs is 1. The van der Waals surface area contributed by atoms with Crippen LogP contribution in [0.4, 0.5) is 5.82 Å². The minimum Gasteiger partial charge on any atom is -0.382 e. The maximum absolute atomic E-state index is 6.01. The molecule has 0 saturated carbocycles. The molecule has 0 spiro atoms. The van der Waals surface area contributed by atoms with Gasteiger partial charge in [-0.05, 0) is 31.5 Å². The quantitative estimate of drug-likeness (QED) is 0.763. The lowest BCUT2D eigenvalue weighted by Crippen LogP contribution is -2.25. The van der Waals surface area contributed by atoms with Crippen LogP contribution in [0.2, 0.25) is 0 Å². The smallest absolute Gasteiger partial charge is 0.183 e. The van der Waals surface area contributed by atoms with Crippen LogP contribution in [0.3, 0.4) is 0 Å². The van der Waals surface area contributed by atoms with Crippen molar-refractivity contribution in [3.63, 3.8) is 0 Å². The van der Waals surface area contributed by atoms with Crippen molar-refractivity contribution in [2.24, 2.45) is 0 Å². The Balaban J connectivity index is 1.64. The van der Waals surface area contributed by atoms with Gasteiger partial charge in [0.1, 0.15) is 5.52 Å². The van der Waals surface area contributed by atoms with Crippen LogP contribution in [0.25, 0.3) is 11.2 Å². The van der Waals surface area contributed by atoms with E-state index < -0.39 is 0 Å². The first-order chi connectivity index (χ1) is 10.8. The van der Waals surface area contributed by atoms with Crippen molar-refractivity contribution in [1.82, 2.24) is 29.8 Å². The van der Waals surface area contributed by atoms with E-state index in [1.165, 1.54) is 0 Å². The summed E-state index contributed by atoms with van der Waals surface area (Å²) in [7, 11) is 0. The second kappa shape index (κ2) is 5.34. The van der Waals surface area contributed by atoms with Crippen molar-refractivity contribution in [1.29, 1.82) is 0 Å². The number of anilines is 1. The van der Waals surface area contributed by atoms with Crippen LogP contribution in [0.15, 0.2) is 30.7 Å². The fourth-order valence-electron chi connectivity index (χ4n) is 3.03. The maximum Gasteiger partial charge on any atom is 0.183 e. The van der Waals surface area contributed by atoms with Crippen LogP contribution in [-0.4, -0.2) is 36.4 Å². The van der Waals surface area contributed by atoms with Crippen molar-refractivity contribution in [3.05, 3.63) is 42.2 Å². The largest absolute Gasteiger partial charge is 0.382 e. The molecule has 3 aromatic rings. The van der Waals surface area contributed by atoms with Gasteiger partial charge in [-0.1, -0.05) is 6.07 Å². The third kappa shape index (κ3) is 2.29. The highest BCUT2D eigenvalue weighted by Gasteiger charge is 2.29. The summed E-state index contributed by atoms with van der Waals surface area (Å²) in [4.78, 5) is 23.0. The molecule has 1 atom stereocenters. The Labute approximate surface area is 127 Å². The predicted octanol–water partition coefficient (Wildman–Crippen LogP) is 1.67. The highest BCUT2D eigenvalue weighted by Crippen LogP contribution is 2.32. The van der Waals surface area contributed by atoms with Crippen LogP contribution >= 0.6 is 0 Å². The van der Waals surface area contributed by atoms with E-state index in [2.05, 4.69) is 29.8 Å². The van der Waals surface area contributed by atoms with Crippen LogP contribution in [0.5, 0.6) is 0 Å². The van der Waals surface area contributed by atoms with Gasteiger partial charge in [0.05, 0.1) is 18.1 Å². The fraction of sp³-hybridized carbons (Fsp3) is 0.333. The zero-order valence-corrected chi connectivity index (χ0v) is 12.1. The number of aromatic amines is 1. The van der Waals surface area contributed by atoms with Crippen molar-refractivity contribution in [2.45, 2.75) is 25.4 Å². The third-order valence-corrected chi connectivity index (χ3v) is 4.08. The van der Waals surface area contributed by atoms with Gasteiger partial charge in [-0.15, -0.1) is 0 Å². The Hall–Kier alpha value is -2.54. The molecule has 4 rings (SSSR count). The third-order valence-electron chi connectivity index (χ3n) is 4.08. The van der Waals surface area contributed by atoms with Crippen molar-refractivity contribution < 1.29 is 0 Å². The van der Waals surface area contributed by atoms with E-state index in [1.807, 2.05) is 24.4 Å². The number of nitrogens with zero attached hydrogens (tertiary/aromatic N) is 5. The number of rotatable bonds is 3. The number of imidazole rings is 1. The summed E-state index contributed by atoms with van der Waals surface area (Å²) in [5.74, 6) is 1.22. The van der Waals surface area contributed by atoms with Crippen molar-refractivity contribution in [2.75, 3.05) is 12.3 Å². The van der Waals surface area contributed by atoms with Gasteiger partial charge in [0.2, 0.25) is 0 Å². The number of aromatic nitrogens is 5. The topological polar surface area (TPSA) is 96.6 Å². The SMILES string of the molecule is Nc1nc(C2CCCN2Cc2ccccn2)nc2nc[nH]c12. The number of nitrogens with one attached hydrogen (secondary N) is 1. The van der Waals surface area contributed by atoms with Gasteiger partial charge in [0.25, 0.3) is 0 Å². The number of nitrogens with two attached hydrogens (primary N) is 1. The van der Waals surface area contributed by atoms with E-state index in [-0.39, 0.29) is 6.04 Å². The number of likely N-dealkylation sites (tertiary alicyclic amines) is 1. The number of pyridine rings is 1. The molecule has 7 nitrogen and oxygen atoms in total. The Morgan fingerprint density at radius 1 is 1.27 bits per heavy atom. The van der Waals surface area contributed by atoms with Gasteiger partial charge in [-0.3, -0.25) is 9.88 Å². The lowest BCUT2D eigenvalue weighted by molar-refractivity contribution is 0.237. The first-order valence-electron chi connectivity index (χ1n) is 7.42. The highest BCUT2D eigenvalue weighted by atomic mass is 15.2. The molecule has 4 heterocycles. The van der Waals surface area contributed by atoms with E-state index in [4.69, 9.17) is 5.73 Å². The molecule has 1 fully saturated rings. The summed E-state index contributed by atoms with van der Waals surface area (Å²) in [5, 5.41) is 0. The minimum atomic E-state index is 0.172. The molecule has 1 saturated heterocycles. The van der Waals surface area contributed by atoms with Gasteiger partial charge >= 0.3 is 0 Å². The molecule has 0 aliphatic carbocycles. The Morgan fingerprint density at radius 3 is 3.09 bits per heavy atom. The van der Waals surface area contributed by atoms with Gasteiger partial charge in [-0.2, -0.15) is 0 Å². The number of hydrogen-bond acceptors (Lipinski definition) is 6. The Kier molecular flexibility index (Phi) is 3.19. The molecular formula is C15H17N7. The zero-order valence-electron chi connectivity index (χ0n) is 12.1. The van der Waals surface area contributed by atoms with E-state index in [0.29, 0.717) is 17.0 Å². The molecule has 22 heavy (non-hydrogen) atoms. The summed E-state index contributed by atoms with van der Waals surface area (Å²) in [5.41, 5.74) is 8.41. The molecule has 0 bridgehead atoms. The molecule has 3 aromatic heterocycles. The predicted molar refractivity (Wildman–Crippen MR) is 82.7 cm³/mol. The minimum absolute atomic E-state index is 0.172. The standard InChI is InChI=1S/C15H17N7/c16-13-12-15(19-9-18-12)21-14(20-13)11-5-3-7-22(11)8-10-4-1-2-6-17-10/h1-2,4,6,9,11H,3,5,7-8H2,(H3,16,18,19,20,21). The Morgan fingerprint density at radius 2 is 2.23 bits per heavy atom. The van der Waals surface area contributed by atoms with Crippen LogP contribution in [0.1, 0.15) is 30.4 Å². The monoisotopic (exact) mass is 295 g/mol. The lowest BCUT2D eigenvalue weighted by atomic mass is 10.2. The van der Waals surface area contributed by atoms with E-state index in [9.17, 15) is 0 Å². The zero-order chi connectivity index (χ0) is 14.9. The normalized spacial score (nSPS) is 19.0. The highest BCUT2D eigenvalue weighted by molar-refractivity contribution is 5.80. The molecule has 0 amide bonds. The summed E-state index contributed by atoms with van der Waals surface area (Å²) >= 11 is 0. The molecule has 1 unspecified atom stereocenters. The Bertz CT molecular complexity index is 783. The molecule has 7 heteroatoms. The van der Waals surface area contributed by atoms with Gasteiger partial charge in [0.15, 0.2) is 17.3 Å².